The van der Waals surface area contributed by atoms with Crippen LogP contribution in [-0.4, -0.2) is 84.2 Å². The molecule has 8 rings (SSSR count). The number of hydrogen-bond donors (Lipinski definition) is 3. The number of aliphatic hydroxyl groups is 2. The van der Waals surface area contributed by atoms with Crippen LogP contribution in [0, 0.1) is 17.8 Å². The van der Waals surface area contributed by atoms with Gasteiger partial charge in [0.05, 0.1) is 36.9 Å². The van der Waals surface area contributed by atoms with Crippen LogP contribution in [0.15, 0.2) is 103 Å². The fraction of sp³-hybridized carbons (Fsp3) is 0.375. The number of anilines is 1. The maximum absolute atomic E-state index is 15.9. The van der Waals surface area contributed by atoms with Crippen molar-refractivity contribution in [2.24, 2.45) is 11.7 Å². The van der Waals surface area contributed by atoms with Crippen LogP contribution in [0.4, 0.5) is 10.5 Å². The molecule has 4 aromatic carbocycles. The van der Waals surface area contributed by atoms with E-state index >= 15 is 4.79 Å². The molecule has 0 unspecified atom stereocenters. The third kappa shape index (κ3) is 7.54. The third-order valence-electron chi connectivity index (χ3n) is 12.4. The first kappa shape index (κ1) is 41.7. The summed E-state index contributed by atoms with van der Waals surface area (Å²) in [5.74, 6) is 2.56. The molecule has 6 atom stereocenters. The summed E-state index contributed by atoms with van der Waals surface area (Å²) >= 11 is 0. The molecule has 1 spiro atoms. The van der Waals surface area contributed by atoms with Crippen LogP contribution < -0.4 is 15.4 Å². The minimum absolute atomic E-state index is 0.0380. The molecule has 4 N–H and O–H groups in total. The van der Waals surface area contributed by atoms with Gasteiger partial charge in [-0.1, -0.05) is 97.5 Å². The minimum Gasteiger partial charge on any atom is -0.491 e. The number of carbonyl (C=O) groups excluding carboxylic acids is 4. The Kier molecular flexibility index (Phi) is 12.0. The molecule has 0 bridgehead atoms. The molecule has 3 fully saturated rings. The van der Waals surface area contributed by atoms with Crippen LogP contribution in [0.3, 0.4) is 0 Å². The van der Waals surface area contributed by atoms with Crippen LogP contribution in [-0.2, 0) is 34.0 Å². The molecule has 4 aliphatic rings. The zero-order valence-electron chi connectivity index (χ0n) is 33.9. The van der Waals surface area contributed by atoms with Gasteiger partial charge in [-0.05, 0) is 78.3 Å². The number of aliphatic hydroxyl groups excluding tert-OH is 1. The Morgan fingerprint density at radius 2 is 1.51 bits per heavy atom. The molecule has 3 heterocycles. The number of carbonyl (C=O) groups is 4. The number of nitrogens with zero attached hydrogens (tertiary/aromatic N) is 2. The number of fused-ring (bicyclic) bond motifs is 3. The zero-order chi connectivity index (χ0) is 42.7. The van der Waals surface area contributed by atoms with E-state index < -0.39 is 65.0 Å². The van der Waals surface area contributed by atoms with Gasteiger partial charge in [-0.15, -0.1) is 0 Å². The van der Waals surface area contributed by atoms with Crippen molar-refractivity contribution in [3.8, 4) is 17.6 Å². The van der Waals surface area contributed by atoms with Gasteiger partial charge in [0.1, 0.15) is 42.1 Å². The van der Waals surface area contributed by atoms with Gasteiger partial charge < -0.3 is 34.9 Å². The number of morpholine rings is 1. The Morgan fingerprint density at radius 1 is 0.836 bits per heavy atom. The first-order valence-electron chi connectivity index (χ1n) is 20.7. The smallest absolute Gasteiger partial charge is 0.421 e. The number of imide groups is 1. The van der Waals surface area contributed by atoms with E-state index in [0.717, 1.165) is 36.1 Å². The first-order valence-corrected chi connectivity index (χ1v) is 20.7. The zero-order valence-corrected chi connectivity index (χ0v) is 33.9. The minimum atomic E-state index is -2.05. The van der Waals surface area contributed by atoms with Gasteiger partial charge in [-0.3, -0.25) is 19.3 Å². The second-order valence-electron chi connectivity index (χ2n) is 16.0. The van der Waals surface area contributed by atoms with Gasteiger partial charge in [0.15, 0.2) is 0 Å². The molecule has 0 aromatic heterocycles. The molecule has 13 nitrogen and oxygen atoms in total. The van der Waals surface area contributed by atoms with Crippen molar-refractivity contribution in [1.29, 1.82) is 0 Å². The summed E-state index contributed by atoms with van der Waals surface area (Å²) < 4.78 is 22.8. The predicted molar refractivity (Wildman–Crippen MR) is 223 cm³/mol. The Labute approximate surface area is 354 Å². The SMILES string of the molecule is COCCOC(=O)N1C(=O)[C@@]2(c3cc(C#CC4(O)CCCCCC4)ccc31)[C@H](c1ccc(OCCO)cc1)N1[C@H](c3ccccc3)[C@H](c3ccccc3)OC(=O)[C@H]1[C@@H]2C(N)=O. The van der Waals surface area contributed by atoms with Crippen LogP contribution in [0.5, 0.6) is 5.75 Å². The quantitative estimate of drug-likeness (QED) is 0.0804. The topological polar surface area (TPSA) is 178 Å². The van der Waals surface area contributed by atoms with E-state index in [4.69, 9.17) is 24.7 Å². The van der Waals surface area contributed by atoms with Gasteiger partial charge >= 0.3 is 12.1 Å². The monoisotopic (exact) mass is 827 g/mol. The Hall–Kier alpha value is -6.04. The molecule has 4 aromatic rings. The Bertz CT molecular complexity index is 2320. The second kappa shape index (κ2) is 17.5. The highest BCUT2D eigenvalue weighted by atomic mass is 16.6. The van der Waals surface area contributed by atoms with Crippen LogP contribution in [0.25, 0.3) is 0 Å². The van der Waals surface area contributed by atoms with Crippen molar-refractivity contribution in [2.45, 2.75) is 73.8 Å². The summed E-state index contributed by atoms with van der Waals surface area (Å²) in [6, 6.07) is 27.1. The standard InChI is InChI=1S/C48H49N3O10/c1-58-28-29-60-46(56)50-37-21-16-31(22-25-47(57)23-10-2-3-11-24-47)30-36(37)48(45(50)55)38(43(49)53)40-44(54)61-41(33-14-8-5-9-15-33)39(32-12-6-4-7-13-32)51(40)42(48)34-17-19-35(20-18-34)59-27-26-52/h4-9,12-21,30,38-42,52,57H,2-3,10-11,23-24,26-29H2,1H3,(H2,49,53)/t38-,39-,40-,41+,42+,48-/m1/s1. The molecule has 1 aliphatic carbocycles. The van der Waals surface area contributed by atoms with Crippen molar-refractivity contribution in [2.75, 3.05) is 38.4 Å². The van der Waals surface area contributed by atoms with E-state index in [9.17, 15) is 24.6 Å². The summed E-state index contributed by atoms with van der Waals surface area (Å²) in [6.45, 7) is -0.287. The maximum atomic E-state index is 15.9. The number of methoxy groups -OCH3 is 1. The van der Waals surface area contributed by atoms with Gasteiger partial charge in [0.25, 0.3) is 0 Å². The number of rotatable bonds is 10. The van der Waals surface area contributed by atoms with Crippen molar-refractivity contribution < 1.29 is 48.3 Å². The molecule has 2 saturated heterocycles. The average Bonchev–Trinajstić information content (AvgIpc) is 3.61. The van der Waals surface area contributed by atoms with E-state index in [-0.39, 0.29) is 37.7 Å². The number of cyclic esters (lactones) is 1. The summed E-state index contributed by atoms with van der Waals surface area (Å²) in [5.41, 5.74) is 5.90. The van der Waals surface area contributed by atoms with E-state index in [1.54, 1.807) is 42.5 Å². The van der Waals surface area contributed by atoms with E-state index in [0.29, 0.717) is 35.3 Å². The number of benzene rings is 4. The molecule has 316 valence electrons. The van der Waals surface area contributed by atoms with E-state index in [2.05, 4.69) is 11.8 Å². The molecule has 1 saturated carbocycles. The van der Waals surface area contributed by atoms with Crippen LogP contribution in [0.2, 0.25) is 0 Å². The Morgan fingerprint density at radius 3 is 2.15 bits per heavy atom. The summed E-state index contributed by atoms with van der Waals surface area (Å²) in [7, 11) is 1.45. The molecule has 0 radical (unpaired) electrons. The van der Waals surface area contributed by atoms with Gasteiger partial charge in [0.2, 0.25) is 11.8 Å². The van der Waals surface area contributed by atoms with Crippen LogP contribution in [0.1, 0.15) is 84.5 Å². The lowest BCUT2D eigenvalue weighted by Gasteiger charge is -2.46. The molecular formula is C48H49N3O10. The maximum Gasteiger partial charge on any atom is 0.421 e. The normalized spacial score (nSPS) is 25.4. The van der Waals surface area contributed by atoms with E-state index in [1.807, 2.05) is 65.6 Å². The highest BCUT2D eigenvalue weighted by Crippen LogP contribution is 2.65. The second-order valence-corrected chi connectivity index (χ2v) is 16.0. The summed E-state index contributed by atoms with van der Waals surface area (Å²) in [6.07, 6.45) is 2.79. The van der Waals surface area contributed by atoms with Crippen molar-refractivity contribution in [3.63, 3.8) is 0 Å². The lowest BCUT2D eigenvalue weighted by atomic mass is 9.65. The van der Waals surface area contributed by atoms with Crippen LogP contribution >= 0.6 is 0 Å². The summed E-state index contributed by atoms with van der Waals surface area (Å²) in [4.78, 5) is 62.2. The number of esters is 1. The number of hydrogen-bond acceptors (Lipinski definition) is 11. The predicted octanol–water partition coefficient (Wildman–Crippen LogP) is 5.43. The largest absolute Gasteiger partial charge is 0.491 e. The molecule has 3 amide bonds. The fourth-order valence-corrected chi connectivity index (χ4v) is 9.81. The van der Waals surface area contributed by atoms with E-state index in [1.165, 1.54) is 7.11 Å². The van der Waals surface area contributed by atoms with Gasteiger partial charge in [0, 0.05) is 12.7 Å². The van der Waals surface area contributed by atoms with Crippen molar-refractivity contribution in [1.82, 2.24) is 4.90 Å². The lowest BCUT2D eigenvalue weighted by Crippen LogP contribution is -2.55. The highest BCUT2D eigenvalue weighted by Gasteiger charge is 2.75. The van der Waals surface area contributed by atoms with Crippen molar-refractivity contribution in [3.05, 3.63) is 131 Å². The molecule has 61 heavy (non-hydrogen) atoms. The molecular weight excluding hydrogens is 779 g/mol. The Balaban J connectivity index is 1.41. The van der Waals surface area contributed by atoms with Gasteiger partial charge in [-0.2, -0.15) is 0 Å². The third-order valence-corrected chi connectivity index (χ3v) is 12.4. The number of ether oxygens (including phenoxy) is 4. The highest BCUT2D eigenvalue weighted by molar-refractivity contribution is 6.23. The van der Waals surface area contributed by atoms with Crippen molar-refractivity contribution >= 4 is 29.6 Å². The average molecular weight is 828 g/mol. The number of nitrogens with two attached hydrogens (primary N) is 1. The molecule has 3 aliphatic heterocycles. The first-order chi connectivity index (χ1) is 29.6. The summed E-state index contributed by atoms with van der Waals surface area (Å²) in [5, 5.41) is 21.0. The number of primary amides is 1. The lowest BCUT2D eigenvalue weighted by molar-refractivity contribution is -0.178. The van der Waals surface area contributed by atoms with Gasteiger partial charge in [-0.25, -0.2) is 9.69 Å². The fourth-order valence-electron chi connectivity index (χ4n) is 9.81. The molecule has 13 heteroatoms. The number of amides is 3.